The summed E-state index contributed by atoms with van der Waals surface area (Å²) in [6.07, 6.45) is 13.8. The van der Waals surface area contributed by atoms with Gasteiger partial charge in [-0.25, -0.2) is 4.99 Å². The average molecular weight is 506 g/mol. The molecule has 5 nitrogen and oxygen atoms in total. The molecule has 2 aliphatic carbocycles. The van der Waals surface area contributed by atoms with Gasteiger partial charge >= 0.3 is 0 Å². The molecule has 2 aliphatic rings. The highest BCUT2D eigenvalue weighted by Crippen LogP contribution is 2.36. The molecule has 2 aromatic carbocycles. The van der Waals surface area contributed by atoms with Crippen LogP contribution in [-0.2, 0) is 0 Å². The van der Waals surface area contributed by atoms with Crippen LogP contribution < -0.4 is 11.1 Å². The lowest BCUT2D eigenvalue weighted by molar-refractivity contribution is 0.285. The van der Waals surface area contributed by atoms with Gasteiger partial charge in [0.05, 0.1) is 18.1 Å². The van der Waals surface area contributed by atoms with Crippen molar-refractivity contribution < 1.29 is 0 Å². The third-order valence-electron chi connectivity index (χ3n) is 8.47. The Morgan fingerprint density at radius 1 is 0.632 bits per heavy atom. The monoisotopic (exact) mass is 505 g/mol. The van der Waals surface area contributed by atoms with Gasteiger partial charge in [-0.05, 0) is 61.1 Å². The molecule has 0 unspecified atom stereocenters. The van der Waals surface area contributed by atoms with Crippen LogP contribution in [0.3, 0.4) is 0 Å². The number of rotatable bonds is 6. The van der Waals surface area contributed by atoms with Crippen LogP contribution in [0.1, 0.15) is 63.5 Å². The van der Waals surface area contributed by atoms with Crippen molar-refractivity contribution in [1.29, 1.82) is 0 Å². The van der Waals surface area contributed by atoms with Gasteiger partial charge in [-0.1, -0.05) is 86.3 Å². The zero-order chi connectivity index (χ0) is 25.7. The second kappa shape index (κ2) is 11.3. The third kappa shape index (κ3) is 5.15. The molecule has 2 heterocycles. The first-order valence-corrected chi connectivity index (χ1v) is 14.3. The van der Waals surface area contributed by atoms with Gasteiger partial charge in [-0.3, -0.25) is 0 Å². The maximum absolute atomic E-state index is 6.69. The second-order valence-corrected chi connectivity index (χ2v) is 10.9. The van der Waals surface area contributed by atoms with Crippen LogP contribution in [0.5, 0.6) is 0 Å². The summed E-state index contributed by atoms with van der Waals surface area (Å²) in [6, 6.07) is 31.3. The van der Waals surface area contributed by atoms with E-state index in [0.717, 1.165) is 25.7 Å². The molecular formula is C33H39N5. The fourth-order valence-electron chi connectivity index (χ4n) is 6.66. The standard InChI is InChI=1S/C33H39N5/c34-33(35-27-17-7-9-19-31(27)37-23-11-21-29(37)25-13-3-1-4-14-25)36-28-18-8-10-20-32(28)38-24-12-22-30(38)26-15-5-2-6-16-26/h1-6,11-16,21-24,27-28,31-32H,7-10,17-20H2,(H3,34,35,36)/t27-,28-,31-,32-/m1/s1. The first-order chi connectivity index (χ1) is 18.8. The quantitative estimate of drug-likeness (QED) is 0.215. The Balaban J connectivity index is 1.22. The molecule has 2 saturated carbocycles. The SMILES string of the molecule is NC(=N[C@@H]1CCCC[C@H]1n1cccc1-c1ccccc1)N[C@@H]1CCCC[C@H]1n1cccc1-c1ccccc1. The summed E-state index contributed by atoms with van der Waals surface area (Å²) in [7, 11) is 0. The number of aliphatic imine (C=N–C) groups is 1. The summed E-state index contributed by atoms with van der Waals surface area (Å²) in [4.78, 5) is 5.15. The highest BCUT2D eigenvalue weighted by Gasteiger charge is 2.30. The lowest BCUT2D eigenvalue weighted by Gasteiger charge is -2.36. The van der Waals surface area contributed by atoms with Crippen LogP contribution >= 0.6 is 0 Å². The highest BCUT2D eigenvalue weighted by molar-refractivity contribution is 5.78. The van der Waals surface area contributed by atoms with E-state index in [1.807, 2.05) is 0 Å². The van der Waals surface area contributed by atoms with Crippen LogP contribution in [0.25, 0.3) is 22.5 Å². The summed E-state index contributed by atoms with van der Waals surface area (Å²) in [5.41, 5.74) is 11.7. The van der Waals surface area contributed by atoms with Crippen molar-refractivity contribution >= 4 is 5.96 Å². The molecule has 0 amide bonds. The van der Waals surface area contributed by atoms with Crippen molar-refractivity contribution in [3.63, 3.8) is 0 Å². The maximum Gasteiger partial charge on any atom is 0.189 e. The number of guanidine groups is 1. The van der Waals surface area contributed by atoms with Gasteiger partial charge in [-0.2, -0.15) is 0 Å². The fourth-order valence-corrected chi connectivity index (χ4v) is 6.66. The highest BCUT2D eigenvalue weighted by atomic mass is 15.2. The van der Waals surface area contributed by atoms with Crippen LogP contribution in [-0.4, -0.2) is 27.2 Å². The first-order valence-electron chi connectivity index (χ1n) is 14.3. The van der Waals surface area contributed by atoms with Gasteiger partial charge in [0.25, 0.3) is 0 Å². The zero-order valence-electron chi connectivity index (χ0n) is 22.1. The summed E-state index contributed by atoms with van der Waals surface area (Å²) < 4.78 is 4.89. The molecule has 0 aliphatic heterocycles. The normalized spacial score (nSPS) is 24.3. The first kappa shape index (κ1) is 24.6. The van der Waals surface area contributed by atoms with E-state index in [2.05, 4.69) is 112 Å². The van der Waals surface area contributed by atoms with Gasteiger partial charge in [-0.15, -0.1) is 0 Å². The fraction of sp³-hybridized carbons (Fsp3) is 0.364. The van der Waals surface area contributed by atoms with Crippen molar-refractivity contribution in [2.24, 2.45) is 10.7 Å². The van der Waals surface area contributed by atoms with Gasteiger partial charge in [0.15, 0.2) is 5.96 Å². The number of nitrogens with two attached hydrogens (primary N) is 1. The predicted octanol–water partition coefficient (Wildman–Crippen LogP) is 7.20. The molecule has 0 saturated heterocycles. The average Bonchev–Trinajstić information content (AvgIpc) is 3.65. The molecule has 0 bridgehead atoms. The van der Waals surface area contributed by atoms with Gasteiger partial charge in [0.1, 0.15) is 0 Å². The Kier molecular flexibility index (Phi) is 7.34. The van der Waals surface area contributed by atoms with Crippen molar-refractivity contribution in [2.75, 3.05) is 0 Å². The van der Waals surface area contributed by atoms with E-state index in [-0.39, 0.29) is 12.1 Å². The molecule has 0 spiro atoms. The van der Waals surface area contributed by atoms with Gasteiger partial charge in [0.2, 0.25) is 0 Å². The molecule has 3 N–H and O–H groups in total. The molecule has 6 rings (SSSR count). The van der Waals surface area contributed by atoms with Crippen molar-refractivity contribution in [1.82, 2.24) is 14.5 Å². The second-order valence-electron chi connectivity index (χ2n) is 10.9. The molecule has 2 fully saturated rings. The Labute approximate surface area is 226 Å². The minimum atomic E-state index is 0.180. The lowest BCUT2D eigenvalue weighted by Crippen LogP contribution is -2.47. The lowest BCUT2D eigenvalue weighted by atomic mass is 9.89. The summed E-state index contributed by atoms with van der Waals surface area (Å²) in [5.74, 6) is 0.598. The van der Waals surface area contributed by atoms with E-state index >= 15 is 0 Å². The van der Waals surface area contributed by atoms with Crippen molar-refractivity contribution in [3.05, 3.63) is 97.3 Å². The minimum Gasteiger partial charge on any atom is -0.370 e. The van der Waals surface area contributed by atoms with E-state index in [1.165, 1.54) is 48.2 Å². The molecule has 5 heteroatoms. The van der Waals surface area contributed by atoms with E-state index in [0.29, 0.717) is 18.0 Å². The van der Waals surface area contributed by atoms with Crippen LogP contribution in [0.4, 0.5) is 0 Å². The Hall–Kier alpha value is -3.73. The Morgan fingerprint density at radius 3 is 1.79 bits per heavy atom. The number of benzene rings is 2. The zero-order valence-corrected chi connectivity index (χ0v) is 22.1. The predicted molar refractivity (Wildman–Crippen MR) is 157 cm³/mol. The number of hydrogen-bond donors (Lipinski definition) is 2. The third-order valence-corrected chi connectivity index (χ3v) is 8.47. The number of hydrogen-bond acceptors (Lipinski definition) is 1. The maximum atomic E-state index is 6.69. The molecule has 38 heavy (non-hydrogen) atoms. The molecule has 0 radical (unpaired) electrons. The smallest absolute Gasteiger partial charge is 0.189 e. The molecule has 196 valence electrons. The number of nitrogens with one attached hydrogen (secondary N) is 1. The summed E-state index contributed by atoms with van der Waals surface area (Å²) >= 11 is 0. The van der Waals surface area contributed by atoms with E-state index < -0.39 is 0 Å². The Morgan fingerprint density at radius 2 is 1.16 bits per heavy atom. The molecule has 4 atom stereocenters. The van der Waals surface area contributed by atoms with E-state index in [1.54, 1.807) is 0 Å². The van der Waals surface area contributed by atoms with Crippen LogP contribution in [0.15, 0.2) is 102 Å². The summed E-state index contributed by atoms with van der Waals surface area (Å²) in [5, 5.41) is 3.69. The molecule has 2 aromatic heterocycles. The van der Waals surface area contributed by atoms with E-state index in [4.69, 9.17) is 10.7 Å². The minimum absolute atomic E-state index is 0.180. The molecule has 4 aromatic rings. The van der Waals surface area contributed by atoms with Gasteiger partial charge in [0, 0.05) is 29.8 Å². The Bertz CT molecular complexity index is 1340. The number of aromatic nitrogens is 2. The largest absolute Gasteiger partial charge is 0.370 e. The van der Waals surface area contributed by atoms with Gasteiger partial charge < -0.3 is 20.2 Å². The molecular weight excluding hydrogens is 466 g/mol. The van der Waals surface area contributed by atoms with Crippen LogP contribution in [0, 0.1) is 0 Å². The van der Waals surface area contributed by atoms with Crippen molar-refractivity contribution in [3.8, 4) is 22.5 Å². The van der Waals surface area contributed by atoms with E-state index in [9.17, 15) is 0 Å². The van der Waals surface area contributed by atoms with Crippen LogP contribution in [0.2, 0.25) is 0 Å². The number of nitrogens with zero attached hydrogens (tertiary/aromatic N) is 3. The summed E-state index contributed by atoms with van der Waals surface area (Å²) in [6.45, 7) is 0. The topological polar surface area (TPSA) is 60.3 Å². The van der Waals surface area contributed by atoms with Crippen molar-refractivity contribution in [2.45, 2.75) is 75.5 Å².